The molecule has 1 saturated heterocycles. The lowest BCUT2D eigenvalue weighted by molar-refractivity contribution is -0.136. The minimum absolute atomic E-state index is 0.000447. The second kappa shape index (κ2) is 8.07. The number of fused-ring (bicyclic) bond motifs is 1. The lowest BCUT2D eigenvalue weighted by atomic mass is 9.91. The molecule has 170 valence electrons. The van der Waals surface area contributed by atoms with Gasteiger partial charge in [-0.25, -0.2) is 4.98 Å². The number of hydrogen-bond donors (Lipinski definition) is 1. The fraction of sp³-hybridized carbons (Fsp3) is 0.455. The van der Waals surface area contributed by atoms with Gasteiger partial charge in [0.1, 0.15) is 5.56 Å². The first-order valence-corrected chi connectivity index (χ1v) is 10.4. The highest BCUT2D eigenvalue weighted by Crippen LogP contribution is 2.40. The third-order valence-corrected chi connectivity index (χ3v) is 5.77. The van der Waals surface area contributed by atoms with Gasteiger partial charge in [-0.2, -0.15) is 13.2 Å². The van der Waals surface area contributed by atoms with E-state index in [4.69, 9.17) is 4.52 Å². The van der Waals surface area contributed by atoms with Crippen molar-refractivity contribution >= 4 is 17.0 Å². The van der Waals surface area contributed by atoms with Gasteiger partial charge < -0.3 is 14.4 Å². The van der Waals surface area contributed by atoms with E-state index in [-0.39, 0.29) is 40.5 Å². The molecule has 7 nitrogen and oxygen atoms in total. The second-order valence-electron chi connectivity index (χ2n) is 8.47. The number of aromatic nitrogens is 3. The molecule has 1 atom stereocenters. The molecular weight excluding hydrogens is 425 g/mol. The molecule has 1 aliphatic heterocycles. The number of aryl methyl sites for hydroxylation is 1. The van der Waals surface area contributed by atoms with Crippen LogP contribution in [-0.2, 0) is 6.18 Å². The number of nitrogens with one attached hydrogen (secondary N) is 1. The molecule has 0 spiro atoms. The number of nitrogens with zero attached hydrogens (tertiary/aromatic N) is 3. The Morgan fingerprint density at radius 3 is 2.72 bits per heavy atom. The number of likely N-dealkylation sites (tertiary alicyclic amines) is 1. The van der Waals surface area contributed by atoms with Crippen molar-refractivity contribution in [1.29, 1.82) is 0 Å². The van der Waals surface area contributed by atoms with Crippen LogP contribution in [0.4, 0.5) is 13.2 Å². The zero-order chi connectivity index (χ0) is 23.2. The summed E-state index contributed by atoms with van der Waals surface area (Å²) in [6, 6.07) is 4.14. The Labute approximate surface area is 181 Å². The minimum atomic E-state index is -4.61. The van der Waals surface area contributed by atoms with Gasteiger partial charge in [0.05, 0.1) is 16.6 Å². The van der Waals surface area contributed by atoms with Gasteiger partial charge in [-0.05, 0) is 43.9 Å². The molecule has 3 aromatic heterocycles. The van der Waals surface area contributed by atoms with Crippen LogP contribution in [0.5, 0.6) is 0 Å². The average molecular weight is 448 g/mol. The van der Waals surface area contributed by atoms with E-state index in [1.54, 1.807) is 26.8 Å². The van der Waals surface area contributed by atoms with E-state index in [9.17, 15) is 22.8 Å². The smallest absolute Gasteiger partial charge is 0.338 e. The fourth-order valence-electron chi connectivity index (χ4n) is 4.09. The number of carbonyl (C=O) groups is 1. The van der Waals surface area contributed by atoms with Crippen LogP contribution in [0.3, 0.4) is 0 Å². The summed E-state index contributed by atoms with van der Waals surface area (Å²) >= 11 is 0. The van der Waals surface area contributed by atoms with Crippen LogP contribution >= 0.6 is 0 Å². The molecule has 0 unspecified atom stereocenters. The van der Waals surface area contributed by atoms with Crippen LogP contribution in [0.2, 0.25) is 0 Å². The maximum atomic E-state index is 13.9. The van der Waals surface area contributed by atoms with Gasteiger partial charge in [0.15, 0.2) is 0 Å². The lowest BCUT2D eigenvalue weighted by Gasteiger charge is -2.32. The average Bonchev–Trinajstić information content (AvgIpc) is 3.16. The Balaban J connectivity index is 1.71. The molecule has 32 heavy (non-hydrogen) atoms. The van der Waals surface area contributed by atoms with Gasteiger partial charge >= 0.3 is 6.18 Å². The fourth-order valence-corrected chi connectivity index (χ4v) is 4.09. The molecule has 0 aliphatic carbocycles. The third kappa shape index (κ3) is 4.01. The van der Waals surface area contributed by atoms with Crippen molar-refractivity contribution in [2.24, 2.45) is 0 Å². The van der Waals surface area contributed by atoms with Gasteiger partial charge in [-0.15, -0.1) is 0 Å². The Kier molecular flexibility index (Phi) is 5.56. The van der Waals surface area contributed by atoms with Gasteiger partial charge in [-0.3, -0.25) is 9.59 Å². The Morgan fingerprint density at radius 1 is 1.31 bits per heavy atom. The van der Waals surface area contributed by atoms with E-state index in [0.717, 1.165) is 6.07 Å². The number of rotatable bonds is 3. The van der Waals surface area contributed by atoms with Crippen LogP contribution in [0.1, 0.15) is 71.5 Å². The Morgan fingerprint density at radius 2 is 2.06 bits per heavy atom. The SMILES string of the molecule is Cc1ccc(C(=O)N2CCC[C@H](c3noc4nc(C(C)C)cc(C(F)(F)F)c34)C2)c(=O)[nH]1. The van der Waals surface area contributed by atoms with Crippen LogP contribution in [0.15, 0.2) is 27.5 Å². The summed E-state index contributed by atoms with van der Waals surface area (Å²) in [5, 5.41) is 3.79. The molecule has 4 heterocycles. The molecular formula is C22H23F3N4O3. The van der Waals surface area contributed by atoms with Crippen LogP contribution in [-0.4, -0.2) is 39.0 Å². The number of H-pyrrole nitrogens is 1. The maximum Gasteiger partial charge on any atom is 0.417 e. The van der Waals surface area contributed by atoms with E-state index < -0.39 is 29.1 Å². The molecule has 1 N–H and O–H groups in total. The highest BCUT2D eigenvalue weighted by molar-refractivity contribution is 5.94. The predicted molar refractivity (Wildman–Crippen MR) is 111 cm³/mol. The Bertz CT molecular complexity index is 1230. The normalized spacial score (nSPS) is 17.3. The van der Waals surface area contributed by atoms with Crippen molar-refractivity contribution in [3.63, 3.8) is 0 Å². The minimum Gasteiger partial charge on any atom is -0.338 e. The first-order chi connectivity index (χ1) is 15.1. The molecule has 1 aliphatic rings. The number of carbonyl (C=O) groups excluding carboxylic acids is 1. The van der Waals surface area contributed by atoms with E-state index in [1.807, 2.05) is 0 Å². The van der Waals surface area contributed by atoms with Crippen molar-refractivity contribution < 1.29 is 22.5 Å². The maximum absolute atomic E-state index is 13.9. The number of amides is 1. The molecule has 1 amide bonds. The Hall–Kier alpha value is -3.17. The van der Waals surface area contributed by atoms with E-state index in [0.29, 0.717) is 25.1 Å². The zero-order valence-corrected chi connectivity index (χ0v) is 17.9. The van der Waals surface area contributed by atoms with Gasteiger partial charge in [0, 0.05) is 30.4 Å². The molecule has 1 fully saturated rings. The molecule has 0 bridgehead atoms. The van der Waals surface area contributed by atoms with Crippen LogP contribution < -0.4 is 5.56 Å². The molecule has 3 aromatic rings. The summed E-state index contributed by atoms with van der Waals surface area (Å²) in [5.41, 5.74) is -0.436. The highest BCUT2D eigenvalue weighted by Gasteiger charge is 2.38. The predicted octanol–water partition coefficient (Wildman–Crippen LogP) is 4.38. The third-order valence-electron chi connectivity index (χ3n) is 5.77. The van der Waals surface area contributed by atoms with Crippen molar-refractivity contribution in [2.45, 2.75) is 51.6 Å². The van der Waals surface area contributed by atoms with Crippen LogP contribution in [0.25, 0.3) is 11.1 Å². The van der Waals surface area contributed by atoms with Crippen molar-refractivity contribution in [3.8, 4) is 0 Å². The zero-order valence-electron chi connectivity index (χ0n) is 17.9. The number of piperidine rings is 1. The van der Waals surface area contributed by atoms with Crippen molar-refractivity contribution in [1.82, 2.24) is 20.0 Å². The van der Waals surface area contributed by atoms with E-state index in [2.05, 4.69) is 15.1 Å². The molecule has 0 aromatic carbocycles. The number of aromatic amines is 1. The van der Waals surface area contributed by atoms with Gasteiger partial charge in [0.25, 0.3) is 17.2 Å². The van der Waals surface area contributed by atoms with Crippen molar-refractivity contribution in [2.75, 3.05) is 13.1 Å². The first kappa shape index (κ1) is 22.0. The second-order valence-corrected chi connectivity index (χ2v) is 8.47. The summed E-state index contributed by atoms with van der Waals surface area (Å²) in [6.07, 6.45) is -3.50. The lowest BCUT2D eigenvalue weighted by Crippen LogP contribution is -2.41. The highest BCUT2D eigenvalue weighted by atomic mass is 19.4. The van der Waals surface area contributed by atoms with E-state index >= 15 is 0 Å². The van der Waals surface area contributed by atoms with Crippen molar-refractivity contribution in [3.05, 3.63) is 56.8 Å². The summed E-state index contributed by atoms with van der Waals surface area (Å²) in [5.74, 6) is -1.14. The number of pyridine rings is 2. The van der Waals surface area contributed by atoms with Gasteiger partial charge in [-0.1, -0.05) is 19.0 Å². The summed E-state index contributed by atoms with van der Waals surface area (Å²) in [6.45, 7) is 5.75. The van der Waals surface area contributed by atoms with Gasteiger partial charge in [0.2, 0.25) is 0 Å². The molecule has 4 rings (SSSR count). The molecule has 0 saturated carbocycles. The topological polar surface area (TPSA) is 92.1 Å². The monoisotopic (exact) mass is 448 g/mol. The summed E-state index contributed by atoms with van der Waals surface area (Å²) in [7, 11) is 0. The standard InChI is InChI=1S/C22H23F3N4O3/c1-11(2)16-9-15(22(23,24)25)17-18(28-32-20(17)27-16)13-5-4-8-29(10-13)21(31)14-7-6-12(3)26-19(14)30/h6-7,9,11,13H,4-5,8,10H2,1-3H3,(H,26,30)/t13-/m0/s1. The summed E-state index contributed by atoms with van der Waals surface area (Å²) in [4.78, 5) is 33.4. The quantitative estimate of drug-likeness (QED) is 0.642. The first-order valence-electron chi connectivity index (χ1n) is 10.4. The summed E-state index contributed by atoms with van der Waals surface area (Å²) < 4.78 is 46.9. The van der Waals surface area contributed by atoms with Crippen LogP contribution in [0, 0.1) is 6.92 Å². The molecule has 10 heteroatoms. The number of alkyl halides is 3. The largest absolute Gasteiger partial charge is 0.417 e. The number of hydrogen-bond acceptors (Lipinski definition) is 5. The van der Waals surface area contributed by atoms with E-state index in [1.165, 1.54) is 11.0 Å². The molecule has 0 radical (unpaired) electrons. The number of halogens is 3.